The molecule has 0 saturated carbocycles. The Kier molecular flexibility index (Phi) is 2.92. The average Bonchev–Trinajstić information content (AvgIpc) is 2.42. The average molecular weight is 276 g/mol. The first-order valence-electron chi connectivity index (χ1n) is 5.40. The standard InChI is InChI=1S/C12H7ClFN5/c13-10-6-5-9-11(16-10)12(18-19-17-9)15-8-3-1-7(14)2-4-8/h1-6H,(H,15,17,18). The van der Waals surface area contributed by atoms with Crippen molar-refractivity contribution in [2.45, 2.75) is 0 Å². The molecule has 1 aromatic carbocycles. The third kappa shape index (κ3) is 2.43. The summed E-state index contributed by atoms with van der Waals surface area (Å²) in [4.78, 5) is 4.15. The number of fused-ring (bicyclic) bond motifs is 1. The van der Waals surface area contributed by atoms with E-state index in [2.05, 4.69) is 25.7 Å². The summed E-state index contributed by atoms with van der Waals surface area (Å²) in [6.45, 7) is 0. The highest BCUT2D eigenvalue weighted by Crippen LogP contribution is 2.22. The molecule has 0 aliphatic heterocycles. The monoisotopic (exact) mass is 275 g/mol. The molecule has 3 aromatic rings. The molecule has 0 bridgehead atoms. The van der Waals surface area contributed by atoms with E-state index in [0.717, 1.165) is 0 Å². The zero-order chi connectivity index (χ0) is 13.2. The van der Waals surface area contributed by atoms with Crippen molar-refractivity contribution >= 4 is 34.1 Å². The lowest BCUT2D eigenvalue weighted by atomic mass is 10.3. The number of nitrogens with one attached hydrogen (secondary N) is 1. The Labute approximate surface area is 112 Å². The number of anilines is 2. The van der Waals surface area contributed by atoms with Crippen molar-refractivity contribution in [3.63, 3.8) is 0 Å². The summed E-state index contributed by atoms with van der Waals surface area (Å²) in [5.41, 5.74) is 1.75. The van der Waals surface area contributed by atoms with E-state index >= 15 is 0 Å². The summed E-state index contributed by atoms with van der Waals surface area (Å²) >= 11 is 5.85. The van der Waals surface area contributed by atoms with Gasteiger partial charge in [-0.15, -0.1) is 10.2 Å². The first-order chi connectivity index (χ1) is 9.22. The molecule has 1 N–H and O–H groups in total. The summed E-state index contributed by atoms with van der Waals surface area (Å²) in [6.07, 6.45) is 0. The first-order valence-corrected chi connectivity index (χ1v) is 5.78. The van der Waals surface area contributed by atoms with Gasteiger partial charge in [0.15, 0.2) is 5.82 Å². The number of hydrogen-bond acceptors (Lipinski definition) is 5. The lowest BCUT2D eigenvalue weighted by molar-refractivity contribution is 0.628. The molecule has 2 heterocycles. The van der Waals surface area contributed by atoms with Gasteiger partial charge in [0.2, 0.25) is 0 Å². The Balaban J connectivity index is 2.05. The number of pyridine rings is 1. The van der Waals surface area contributed by atoms with E-state index in [1.165, 1.54) is 12.1 Å². The molecule has 0 fully saturated rings. The fraction of sp³-hybridized carbons (Fsp3) is 0. The summed E-state index contributed by atoms with van der Waals surface area (Å²) in [7, 11) is 0. The van der Waals surface area contributed by atoms with Crippen LogP contribution in [-0.4, -0.2) is 20.4 Å². The van der Waals surface area contributed by atoms with Gasteiger partial charge >= 0.3 is 0 Å². The molecule has 0 saturated heterocycles. The molecule has 0 unspecified atom stereocenters. The molecular weight excluding hydrogens is 269 g/mol. The van der Waals surface area contributed by atoms with Crippen LogP contribution in [0, 0.1) is 5.82 Å². The quantitative estimate of drug-likeness (QED) is 0.729. The predicted octanol–water partition coefficient (Wildman–Crippen LogP) is 2.96. The highest BCUT2D eigenvalue weighted by Gasteiger charge is 2.07. The highest BCUT2D eigenvalue weighted by atomic mass is 35.5. The van der Waals surface area contributed by atoms with Crippen LogP contribution in [0.5, 0.6) is 0 Å². The van der Waals surface area contributed by atoms with Crippen molar-refractivity contribution in [3.8, 4) is 0 Å². The topological polar surface area (TPSA) is 63.6 Å². The molecule has 0 aliphatic carbocycles. The molecule has 0 aliphatic rings. The van der Waals surface area contributed by atoms with Crippen molar-refractivity contribution in [1.82, 2.24) is 20.4 Å². The van der Waals surface area contributed by atoms with Crippen molar-refractivity contribution in [2.24, 2.45) is 0 Å². The van der Waals surface area contributed by atoms with Crippen LogP contribution in [0.4, 0.5) is 15.9 Å². The fourth-order valence-electron chi connectivity index (χ4n) is 1.60. The molecule has 0 amide bonds. The number of rotatable bonds is 2. The van der Waals surface area contributed by atoms with E-state index in [0.29, 0.717) is 27.7 Å². The maximum atomic E-state index is 12.8. The van der Waals surface area contributed by atoms with Gasteiger partial charge in [-0.05, 0) is 41.6 Å². The molecule has 7 heteroatoms. The fourth-order valence-corrected chi connectivity index (χ4v) is 1.75. The third-order valence-corrected chi connectivity index (χ3v) is 2.68. The molecule has 0 radical (unpaired) electrons. The van der Waals surface area contributed by atoms with E-state index in [1.54, 1.807) is 24.3 Å². The van der Waals surface area contributed by atoms with Crippen LogP contribution in [0.1, 0.15) is 0 Å². The molecule has 5 nitrogen and oxygen atoms in total. The highest BCUT2D eigenvalue weighted by molar-refractivity contribution is 6.29. The van der Waals surface area contributed by atoms with E-state index < -0.39 is 0 Å². The van der Waals surface area contributed by atoms with Gasteiger partial charge in [-0.1, -0.05) is 11.6 Å². The Morgan fingerprint density at radius 2 is 1.79 bits per heavy atom. The van der Waals surface area contributed by atoms with Gasteiger partial charge in [-0.25, -0.2) is 9.37 Å². The van der Waals surface area contributed by atoms with Crippen LogP contribution in [0.3, 0.4) is 0 Å². The van der Waals surface area contributed by atoms with E-state index in [9.17, 15) is 4.39 Å². The van der Waals surface area contributed by atoms with Gasteiger partial charge < -0.3 is 5.32 Å². The lowest BCUT2D eigenvalue weighted by Crippen LogP contribution is -2.00. The minimum atomic E-state index is -0.308. The Hall–Kier alpha value is -2.34. The van der Waals surface area contributed by atoms with Crippen LogP contribution >= 0.6 is 11.6 Å². The minimum Gasteiger partial charge on any atom is -0.337 e. The number of aromatic nitrogens is 4. The Bertz CT molecular complexity index is 732. The second-order valence-electron chi connectivity index (χ2n) is 3.77. The first kappa shape index (κ1) is 11.7. The maximum Gasteiger partial charge on any atom is 0.183 e. The molecule has 0 atom stereocenters. The normalized spacial score (nSPS) is 10.6. The van der Waals surface area contributed by atoms with E-state index in [1.807, 2.05) is 0 Å². The predicted molar refractivity (Wildman–Crippen MR) is 69.8 cm³/mol. The van der Waals surface area contributed by atoms with Crippen molar-refractivity contribution in [3.05, 3.63) is 47.4 Å². The van der Waals surface area contributed by atoms with Crippen molar-refractivity contribution < 1.29 is 4.39 Å². The maximum absolute atomic E-state index is 12.8. The SMILES string of the molecule is Fc1ccc(Nc2nnnc3ccc(Cl)nc23)cc1. The molecule has 3 rings (SSSR count). The van der Waals surface area contributed by atoms with Crippen LogP contribution in [0.25, 0.3) is 11.0 Å². The Morgan fingerprint density at radius 3 is 2.58 bits per heavy atom. The van der Waals surface area contributed by atoms with Gasteiger partial charge in [0.25, 0.3) is 0 Å². The Morgan fingerprint density at radius 1 is 1.00 bits per heavy atom. The van der Waals surface area contributed by atoms with Gasteiger partial charge in [-0.3, -0.25) is 0 Å². The van der Waals surface area contributed by atoms with Gasteiger partial charge in [-0.2, -0.15) is 0 Å². The number of nitrogens with zero attached hydrogens (tertiary/aromatic N) is 4. The van der Waals surface area contributed by atoms with Crippen LogP contribution in [0.2, 0.25) is 5.15 Å². The van der Waals surface area contributed by atoms with Crippen LogP contribution in [-0.2, 0) is 0 Å². The van der Waals surface area contributed by atoms with Crippen LogP contribution < -0.4 is 5.32 Å². The molecule has 0 spiro atoms. The van der Waals surface area contributed by atoms with E-state index in [-0.39, 0.29) is 5.82 Å². The molecule has 94 valence electrons. The van der Waals surface area contributed by atoms with E-state index in [4.69, 9.17) is 11.6 Å². The summed E-state index contributed by atoms with van der Waals surface area (Å²) in [5.74, 6) is 0.108. The van der Waals surface area contributed by atoms with Gasteiger partial charge in [0.1, 0.15) is 22.0 Å². The summed E-state index contributed by atoms with van der Waals surface area (Å²) in [6, 6.07) is 9.20. The second-order valence-corrected chi connectivity index (χ2v) is 4.16. The number of benzene rings is 1. The molecular formula is C12H7ClFN5. The van der Waals surface area contributed by atoms with Gasteiger partial charge in [0, 0.05) is 5.69 Å². The number of halogens is 2. The minimum absolute atomic E-state index is 0.308. The van der Waals surface area contributed by atoms with Gasteiger partial charge in [0.05, 0.1) is 0 Å². The van der Waals surface area contributed by atoms with Crippen molar-refractivity contribution in [2.75, 3.05) is 5.32 Å². The largest absolute Gasteiger partial charge is 0.337 e. The number of hydrogen-bond donors (Lipinski definition) is 1. The zero-order valence-electron chi connectivity index (χ0n) is 9.51. The van der Waals surface area contributed by atoms with Crippen molar-refractivity contribution in [1.29, 1.82) is 0 Å². The smallest absolute Gasteiger partial charge is 0.183 e. The summed E-state index contributed by atoms with van der Waals surface area (Å²) in [5, 5.41) is 14.7. The zero-order valence-corrected chi connectivity index (χ0v) is 10.3. The van der Waals surface area contributed by atoms with Crippen LogP contribution in [0.15, 0.2) is 36.4 Å². The third-order valence-electron chi connectivity index (χ3n) is 2.47. The molecule has 2 aromatic heterocycles. The second kappa shape index (κ2) is 4.74. The lowest BCUT2D eigenvalue weighted by Gasteiger charge is -2.06. The summed E-state index contributed by atoms with van der Waals surface area (Å²) < 4.78 is 12.8. The molecule has 19 heavy (non-hydrogen) atoms.